The highest BCUT2D eigenvalue weighted by atomic mass is 16.5. The fraction of sp³-hybridized carbons (Fsp3) is 0.318. The minimum atomic E-state index is -0.867. The number of benzene rings is 1. The summed E-state index contributed by atoms with van der Waals surface area (Å²) < 4.78 is 5.88. The van der Waals surface area contributed by atoms with Crippen molar-refractivity contribution in [3.05, 3.63) is 76.9 Å². The molecule has 0 bridgehead atoms. The Kier molecular flexibility index (Phi) is 8.48. The predicted molar refractivity (Wildman–Crippen MR) is 104 cm³/mol. The zero-order valence-corrected chi connectivity index (χ0v) is 15.6. The van der Waals surface area contributed by atoms with Crippen LogP contribution in [0.25, 0.3) is 0 Å². The number of carboxylic acids is 1. The van der Waals surface area contributed by atoms with Crippen molar-refractivity contribution in [2.24, 2.45) is 0 Å². The van der Waals surface area contributed by atoms with Gasteiger partial charge in [0.05, 0.1) is 6.42 Å². The molecule has 0 aromatic heterocycles. The fourth-order valence-corrected chi connectivity index (χ4v) is 2.41. The second-order valence-corrected chi connectivity index (χ2v) is 6.10. The van der Waals surface area contributed by atoms with Gasteiger partial charge in [0.2, 0.25) is 0 Å². The minimum Gasteiger partial charge on any atom is -0.489 e. The summed E-state index contributed by atoms with van der Waals surface area (Å²) in [6, 6.07) is 7.25. The molecule has 1 rings (SSSR count). The Morgan fingerprint density at radius 1 is 1.24 bits per heavy atom. The quantitative estimate of drug-likeness (QED) is 0.604. The molecule has 1 N–H and O–H groups in total. The number of ether oxygens (including phenoxy) is 1. The van der Waals surface area contributed by atoms with Crippen LogP contribution < -0.4 is 4.74 Å². The molecule has 25 heavy (non-hydrogen) atoms. The zero-order chi connectivity index (χ0) is 18.8. The summed E-state index contributed by atoms with van der Waals surface area (Å²) >= 11 is 0. The van der Waals surface area contributed by atoms with Gasteiger partial charge in [0.15, 0.2) is 0 Å². The van der Waals surface area contributed by atoms with Crippen LogP contribution in [0.15, 0.2) is 71.4 Å². The number of carboxylic acid groups (broad SMARTS) is 1. The number of aliphatic carboxylic acids is 1. The van der Waals surface area contributed by atoms with Crippen LogP contribution in [0, 0.1) is 0 Å². The van der Waals surface area contributed by atoms with Gasteiger partial charge in [-0.2, -0.15) is 0 Å². The van der Waals surface area contributed by atoms with E-state index in [1.807, 2.05) is 25.1 Å². The third-order valence-electron chi connectivity index (χ3n) is 3.70. The molecule has 1 aromatic carbocycles. The van der Waals surface area contributed by atoms with Crippen molar-refractivity contribution in [2.75, 3.05) is 6.61 Å². The number of hydrogen-bond acceptors (Lipinski definition) is 2. The van der Waals surface area contributed by atoms with Gasteiger partial charge in [-0.3, -0.25) is 4.79 Å². The summed E-state index contributed by atoms with van der Waals surface area (Å²) in [7, 11) is 0. The van der Waals surface area contributed by atoms with E-state index < -0.39 is 5.97 Å². The van der Waals surface area contributed by atoms with E-state index in [1.54, 1.807) is 12.1 Å². The van der Waals surface area contributed by atoms with Crippen molar-refractivity contribution in [2.45, 2.75) is 40.5 Å². The Morgan fingerprint density at radius 2 is 1.92 bits per heavy atom. The Labute approximate surface area is 151 Å². The van der Waals surface area contributed by atoms with E-state index in [2.05, 4.69) is 39.5 Å². The van der Waals surface area contributed by atoms with Gasteiger partial charge in [-0.25, -0.2) is 0 Å². The smallest absolute Gasteiger partial charge is 0.307 e. The van der Waals surface area contributed by atoms with Gasteiger partial charge in [0.25, 0.3) is 0 Å². The standard InChI is InChI=1S/C22H28O3/c1-6-18(13-19(7-2)17(5)12-16(3)4)15-25-21-11-9-8-10-20(21)14-22(23)24/h6,8-13H,5,7,14-15H2,1-4H3,(H,23,24)/b18-6+,19-13+. The summed E-state index contributed by atoms with van der Waals surface area (Å²) in [5, 5.41) is 9.01. The minimum absolute atomic E-state index is 0.0469. The van der Waals surface area contributed by atoms with Crippen molar-refractivity contribution >= 4 is 5.97 Å². The molecule has 0 aliphatic rings. The largest absolute Gasteiger partial charge is 0.489 e. The highest BCUT2D eigenvalue weighted by molar-refractivity contribution is 5.71. The first-order valence-electron chi connectivity index (χ1n) is 8.49. The molecule has 0 saturated carbocycles. The number of allylic oxidation sites excluding steroid dienone is 5. The molecule has 134 valence electrons. The molecule has 1 aromatic rings. The first-order chi connectivity index (χ1) is 11.9. The number of para-hydroxylation sites is 1. The average molecular weight is 340 g/mol. The SMILES string of the molecule is C=C(C=C(C)C)/C(=C/C(=C\C)COc1ccccc1CC(=O)O)CC. The lowest BCUT2D eigenvalue weighted by Gasteiger charge is -2.12. The second kappa shape index (κ2) is 10.3. The molecule has 0 fully saturated rings. The molecule has 0 radical (unpaired) electrons. The topological polar surface area (TPSA) is 46.5 Å². The van der Waals surface area contributed by atoms with Gasteiger partial charge in [-0.05, 0) is 50.0 Å². The van der Waals surface area contributed by atoms with Gasteiger partial charge in [0, 0.05) is 5.56 Å². The van der Waals surface area contributed by atoms with Crippen LogP contribution in [0.2, 0.25) is 0 Å². The molecule has 0 saturated heterocycles. The van der Waals surface area contributed by atoms with E-state index in [0.29, 0.717) is 17.9 Å². The van der Waals surface area contributed by atoms with Crippen molar-refractivity contribution in [1.82, 2.24) is 0 Å². The molecule has 3 nitrogen and oxygen atoms in total. The molecule has 3 heteroatoms. The van der Waals surface area contributed by atoms with E-state index in [0.717, 1.165) is 23.1 Å². The van der Waals surface area contributed by atoms with Gasteiger partial charge in [-0.1, -0.05) is 55.5 Å². The first-order valence-corrected chi connectivity index (χ1v) is 8.49. The molecule has 0 atom stereocenters. The summed E-state index contributed by atoms with van der Waals surface area (Å²) in [4.78, 5) is 11.0. The maximum atomic E-state index is 11.0. The van der Waals surface area contributed by atoms with E-state index >= 15 is 0 Å². The lowest BCUT2D eigenvalue weighted by Crippen LogP contribution is -2.06. The van der Waals surface area contributed by atoms with Gasteiger partial charge in [0.1, 0.15) is 12.4 Å². The highest BCUT2D eigenvalue weighted by Gasteiger charge is 2.08. The van der Waals surface area contributed by atoms with Crippen LogP contribution in [0.4, 0.5) is 0 Å². The normalized spacial score (nSPS) is 11.8. The molecule has 0 aliphatic heterocycles. The van der Waals surface area contributed by atoms with Gasteiger partial charge >= 0.3 is 5.97 Å². The number of rotatable bonds is 9. The van der Waals surface area contributed by atoms with Crippen molar-refractivity contribution < 1.29 is 14.6 Å². The maximum absolute atomic E-state index is 11.0. The highest BCUT2D eigenvalue weighted by Crippen LogP contribution is 2.21. The Hall–Kier alpha value is -2.55. The Morgan fingerprint density at radius 3 is 2.48 bits per heavy atom. The van der Waals surface area contributed by atoms with Crippen LogP contribution >= 0.6 is 0 Å². The Balaban J connectivity index is 2.90. The average Bonchev–Trinajstić information content (AvgIpc) is 2.55. The lowest BCUT2D eigenvalue weighted by molar-refractivity contribution is -0.136. The summed E-state index contributed by atoms with van der Waals surface area (Å²) in [6.45, 7) is 12.7. The molecule has 0 spiro atoms. The van der Waals surface area contributed by atoms with Crippen LogP contribution in [-0.4, -0.2) is 17.7 Å². The van der Waals surface area contributed by atoms with Crippen LogP contribution in [0.1, 0.15) is 39.7 Å². The monoisotopic (exact) mass is 340 g/mol. The van der Waals surface area contributed by atoms with Gasteiger partial charge in [-0.15, -0.1) is 0 Å². The third-order valence-corrected chi connectivity index (χ3v) is 3.70. The lowest BCUT2D eigenvalue weighted by atomic mass is 10.0. The van der Waals surface area contributed by atoms with Crippen LogP contribution in [0.3, 0.4) is 0 Å². The summed E-state index contributed by atoms with van der Waals surface area (Å²) in [6.07, 6.45) is 7.02. The van der Waals surface area contributed by atoms with E-state index in [4.69, 9.17) is 9.84 Å². The molecule has 0 unspecified atom stereocenters. The molecule has 0 aliphatic carbocycles. The third kappa shape index (κ3) is 7.25. The molecule has 0 heterocycles. The van der Waals surface area contributed by atoms with Crippen molar-refractivity contribution in [3.8, 4) is 5.75 Å². The van der Waals surface area contributed by atoms with E-state index in [1.165, 1.54) is 5.57 Å². The molecular weight excluding hydrogens is 312 g/mol. The number of carbonyl (C=O) groups is 1. The predicted octanol–water partition coefficient (Wildman–Crippen LogP) is 5.50. The van der Waals surface area contributed by atoms with Crippen molar-refractivity contribution in [3.63, 3.8) is 0 Å². The fourth-order valence-electron chi connectivity index (χ4n) is 2.41. The summed E-state index contributed by atoms with van der Waals surface area (Å²) in [5.74, 6) is -0.257. The second-order valence-electron chi connectivity index (χ2n) is 6.10. The van der Waals surface area contributed by atoms with Crippen molar-refractivity contribution in [1.29, 1.82) is 0 Å². The molecule has 0 amide bonds. The van der Waals surface area contributed by atoms with Crippen LogP contribution in [0.5, 0.6) is 5.75 Å². The maximum Gasteiger partial charge on any atom is 0.307 e. The molecular formula is C22H28O3. The van der Waals surface area contributed by atoms with Gasteiger partial charge < -0.3 is 9.84 Å². The number of hydrogen-bond donors (Lipinski definition) is 1. The van der Waals surface area contributed by atoms with E-state index in [-0.39, 0.29) is 6.42 Å². The first kappa shape index (κ1) is 20.5. The van der Waals surface area contributed by atoms with E-state index in [9.17, 15) is 4.79 Å². The Bertz CT molecular complexity index is 702. The van der Waals surface area contributed by atoms with Crippen LogP contribution in [-0.2, 0) is 11.2 Å². The zero-order valence-electron chi connectivity index (χ0n) is 15.6. The summed E-state index contributed by atoms with van der Waals surface area (Å²) in [5.41, 5.74) is 5.10.